The van der Waals surface area contributed by atoms with E-state index in [4.69, 9.17) is 0 Å². The molecule has 1 saturated heterocycles. The van der Waals surface area contributed by atoms with Gasteiger partial charge in [-0.3, -0.25) is 9.69 Å². The van der Waals surface area contributed by atoms with Crippen LogP contribution in [0.3, 0.4) is 0 Å². The molecule has 0 saturated carbocycles. The van der Waals surface area contributed by atoms with Crippen LogP contribution in [0.25, 0.3) is 17.0 Å². The van der Waals surface area contributed by atoms with Crippen LogP contribution in [0.2, 0.25) is 0 Å². The predicted molar refractivity (Wildman–Crippen MR) is 122 cm³/mol. The van der Waals surface area contributed by atoms with Gasteiger partial charge in [0.25, 0.3) is 5.91 Å². The van der Waals surface area contributed by atoms with E-state index >= 15 is 0 Å². The largest absolute Gasteiger partial charge is 0.333 e. The molecule has 152 valence electrons. The number of rotatable bonds is 4. The first kappa shape index (κ1) is 18.8. The van der Waals surface area contributed by atoms with Crippen LogP contribution in [0.15, 0.2) is 71.5 Å². The Morgan fingerprint density at radius 3 is 2.50 bits per heavy atom. The van der Waals surface area contributed by atoms with E-state index in [0.717, 1.165) is 36.7 Å². The van der Waals surface area contributed by atoms with Crippen LogP contribution in [0, 0.1) is 0 Å². The van der Waals surface area contributed by atoms with Crippen molar-refractivity contribution in [3.05, 3.63) is 71.9 Å². The number of hydrogen-bond acceptors (Lipinski definition) is 3. The van der Waals surface area contributed by atoms with Crippen molar-refractivity contribution in [2.24, 2.45) is 5.10 Å². The maximum absolute atomic E-state index is 13.1. The van der Waals surface area contributed by atoms with Gasteiger partial charge in [0.1, 0.15) is 0 Å². The lowest BCUT2D eigenvalue weighted by Gasteiger charge is -2.27. The molecule has 0 unspecified atom stereocenters. The number of para-hydroxylation sites is 2. The molecule has 2 aliphatic rings. The highest BCUT2D eigenvalue weighted by atomic mass is 16.2. The summed E-state index contributed by atoms with van der Waals surface area (Å²) in [5.41, 5.74) is 4.46. The van der Waals surface area contributed by atoms with Gasteiger partial charge in [0.2, 0.25) is 0 Å². The Hall–Kier alpha value is -3.18. The molecule has 0 N–H and O–H groups in total. The zero-order valence-corrected chi connectivity index (χ0v) is 17.3. The highest BCUT2D eigenvalue weighted by Crippen LogP contribution is 2.28. The Morgan fingerprint density at radius 2 is 1.70 bits per heavy atom. The number of amides is 1. The van der Waals surface area contributed by atoms with Gasteiger partial charge in [-0.15, -0.1) is 0 Å². The van der Waals surface area contributed by atoms with Crippen molar-refractivity contribution < 1.29 is 4.79 Å². The van der Waals surface area contributed by atoms with Crippen LogP contribution in [-0.4, -0.2) is 34.2 Å². The zero-order chi connectivity index (χ0) is 20.5. The molecule has 5 nitrogen and oxygen atoms in total. The number of carbonyl (C=O) groups excluding carboxylic acids is 1. The van der Waals surface area contributed by atoms with Crippen molar-refractivity contribution in [2.75, 3.05) is 18.1 Å². The molecular weight excluding hydrogens is 372 g/mol. The van der Waals surface area contributed by atoms with Crippen molar-refractivity contribution in [3.8, 4) is 0 Å². The van der Waals surface area contributed by atoms with Gasteiger partial charge in [-0.25, -0.2) is 0 Å². The summed E-state index contributed by atoms with van der Waals surface area (Å²) in [7, 11) is 0. The average Bonchev–Trinajstić information content (AvgIpc) is 3.27. The number of hydrogen-bond donors (Lipinski definition) is 0. The summed E-state index contributed by atoms with van der Waals surface area (Å²) in [6.07, 6.45) is 8.06. The van der Waals surface area contributed by atoms with E-state index < -0.39 is 0 Å². The van der Waals surface area contributed by atoms with Crippen LogP contribution < -0.4 is 5.01 Å². The van der Waals surface area contributed by atoms with E-state index in [-0.39, 0.29) is 5.91 Å². The third-order valence-electron chi connectivity index (χ3n) is 5.98. The van der Waals surface area contributed by atoms with Gasteiger partial charge >= 0.3 is 0 Å². The molecule has 0 bridgehead atoms. The van der Waals surface area contributed by atoms with Crippen LogP contribution in [0.1, 0.15) is 31.7 Å². The van der Waals surface area contributed by atoms with Crippen molar-refractivity contribution in [1.82, 2.24) is 9.47 Å². The Kier molecular flexibility index (Phi) is 4.97. The quantitative estimate of drug-likeness (QED) is 0.587. The summed E-state index contributed by atoms with van der Waals surface area (Å²) in [6, 6.07) is 18.0. The molecule has 1 amide bonds. The SMILES string of the molecule is CC1=NN(c2ccccc2)C(=O)C1=Cc1cn(CN2CCCCC2)c2ccccc12. The summed E-state index contributed by atoms with van der Waals surface area (Å²) >= 11 is 0. The van der Waals surface area contributed by atoms with E-state index in [2.05, 4.69) is 45.0 Å². The van der Waals surface area contributed by atoms with E-state index in [1.807, 2.05) is 43.3 Å². The maximum Gasteiger partial charge on any atom is 0.280 e. The van der Waals surface area contributed by atoms with E-state index in [0.29, 0.717) is 5.57 Å². The summed E-state index contributed by atoms with van der Waals surface area (Å²) in [5.74, 6) is -0.0773. The highest BCUT2D eigenvalue weighted by molar-refractivity contribution is 6.32. The minimum Gasteiger partial charge on any atom is -0.333 e. The fraction of sp³-hybridized carbons (Fsp3) is 0.280. The van der Waals surface area contributed by atoms with Crippen LogP contribution >= 0.6 is 0 Å². The molecule has 0 atom stereocenters. The molecule has 5 rings (SSSR count). The summed E-state index contributed by atoms with van der Waals surface area (Å²) in [4.78, 5) is 15.6. The number of nitrogens with zero attached hydrogens (tertiary/aromatic N) is 4. The first-order chi connectivity index (χ1) is 14.7. The molecular formula is C25H26N4O. The number of carbonyl (C=O) groups is 1. The molecule has 0 radical (unpaired) electrons. The van der Waals surface area contributed by atoms with Gasteiger partial charge in [0.15, 0.2) is 0 Å². The highest BCUT2D eigenvalue weighted by Gasteiger charge is 2.29. The molecule has 1 fully saturated rings. The van der Waals surface area contributed by atoms with Gasteiger partial charge in [0.05, 0.1) is 23.6 Å². The third kappa shape index (κ3) is 3.46. The van der Waals surface area contributed by atoms with Gasteiger partial charge in [-0.1, -0.05) is 42.8 Å². The molecule has 5 heteroatoms. The van der Waals surface area contributed by atoms with Crippen LogP contribution in [-0.2, 0) is 11.5 Å². The molecule has 0 spiro atoms. The van der Waals surface area contributed by atoms with Crippen molar-refractivity contribution >= 4 is 34.3 Å². The molecule has 1 aromatic heterocycles. The number of benzene rings is 2. The van der Waals surface area contributed by atoms with Gasteiger partial charge < -0.3 is 4.57 Å². The first-order valence-electron chi connectivity index (χ1n) is 10.7. The monoisotopic (exact) mass is 398 g/mol. The number of piperidine rings is 1. The van der Waals surface area contributed by atoms with Crippen LogP contribution in [0.5, 0.6) is 0 Å². The lowest BCUT2D eigenvalue weighted by Crippen LogP contribution is -2.31. The fourth-order valence-corrected chi connectivity index (χ4v) is 4.41. The Bertz CT molecular complexity index is 1140. The van der Waals surface area contributed by atoms with Crippen molar-refractivity contribution in [3.63, 3.8) is 0 Å². The summed E-state index contributed by atoms with van der Waals surface area (Å²) < 4.78 is 2.31. The summed E-state index contributed by atoms with van der Waals surface area (Å²) in [5, 5.41) is 7.18. The second-order valence-corrected chi connectivity index (χ2v) is 8.09. The Morgan fingerprint density at radius 1 is 0.967 bits per heavy atom. The molecule has 2 aromatic carbocycles. The Labute approximate surface area is 176 Å². The first-order valence-corrected chi connectivity index (χ1v) is 10.7. The second-order valence-electron chi connectivity index (χ2n) is 8.09. The smallest absolute Gasteiger partial charge is 0.280 e. The standard InChI is InChI=1S/C25H26N4O/c1-19-23(25(30)29(26-19)21-10-4-2-5-11-21)16-20-17-28(18-27-14-8-3-9-15-27)24-13-7-6-12-22(20)24/h2,4-7,10-13,16-17H,3,8-9,14-15,18H2,1H3. The number of hydrazone groups is 1. The van der Waals surface area contributed by atoms with Gasteiger partial charge in [-0.05, 0) is 57.1 Å². The van der Waals surface area contributed by atoms with Gasteiger partial charge in [-0.2, -0.15) is 10.1 Å². The number of likely N-dealkylation sites (tertiary alicyclic amines) is 1. The topological polar surface area (TPSA) is 40.8 Å². The molecule has 0 aliphatic carbocycles. The fourth-order valence-electron chi connectivity index (χ4n) is 4.41. The van der Waals surface area contributed by atoms with Crippen molar-refractivity contribution in [1.29, 1.82) is 0 Å². The lowest BCUT2D eigenvalue weighted by molar-refractivity contribution is -0.114. The molecule has 3 aromatic rings. The zero-order valence-electron chi connectivity index (χ0n) is 17.3. The minimum absolute atomic E-state index is 0.0773. The van der Waals surface area contributed by atoms with E-state index in [1.54, 1.807) is 0 Å². The van der Waals surface area contributed by atoms with Gasteiger partial charge in [0, 0.05) is 22.7 Å². The maximum atomic E-state index is 13.1. The predicted octanol–water partition coefficient (Wildman–Crippen LogP) is 4.89. The lowest BCUT2D eigenvalue weighted by atomic mass is 10.1. The molecule has 30 heavy (non-hydrogen) atoms. The number of fused-ring (bicyclic) bond motifs is 1. The number of anilines is 1. The molecule has 3 heterocycles. The second kappa shape index (κ2) is 7.92. The Balaban J connectivity index is 1.50. The minimum atomic E-state index is -0.0773. The number of aromatic nitrogens is 1. The molecule has 2 aliphatic heterocycles. The average molecular weight is 399 g/mol. The van der Waals surface area contributed by atoms with E-state index in [1.165, 1.54) is 35.2 Å². The summed E-state index contributed by atoms with van der Waals surface area (Å²) in [6.45, 7) is 5.10. The van der Waals surface area contributed by atoms with E-state index in [9.17, 15) is 4.79 Å². The van der Waals surface area contributed by atoms with Crippen molar-refractivity contribution in [2.45, 2.75) is 32.9 Å². The normalized spacial score (nSPS) is 19.1. The third-order valence-corrected chi connectivity index (χ3v) is 5.98. The van der Waals surface area contributed by atoms with Crippen LogP contribution in [0.4, 0.5) is 5.69 Å².